The molecule has 0 unspecified atom stereocenters. The molecule has 1 N–H and O–H groups in total. The van der Waals surface area contributed by atoms with Crippen molar-refractivity contribution in [2.75, 3.05) is 7.11 Å². The van der Waals surface area contributed by atoms with Crippen LogP contribution in [0.3, 0.4) is 0 Å². The highest BCUT2D eigenvalue weighted by atomic mass is 16.5. The normalized spacial score (nSPS) is 12.6. The molecule has 0 aliphatic rings. The molecule has 0 amide bonds. The Hall–Kier alpha value is -1.54. The Morgan fingerprint density at radius 2 is 1.82 bits per heavy atom. The Balaban J connectivity index is 2.25. The van der Waals surface area contributed by atoms with Crippen molar-refractivity contribution >= 4 is 10.8 Å². The van der Waals surface area contributed by atoms with Gasteiger partial charge in [-0.1, -0.05) is 24.3 Å². The van der Waals surface area contributed by atoms with Crippen LogP contribution in [0.1, 0.15) is 18.9 Å². The van der Waals surface area contributed by atoms with Crippen molar-refractivity contribution in [1.29, 1.82) is 0 Å². The molecule has 2 aromatic carbocycles. The van der Waals surface area contributed by atoms with Gasteiger partial charge in [-0.3, -0.25) is 0 Å². The predicted molar refractivity (Wildman–Crippen MR) is 70.5 cm³/mol. The SMILES string of the molecule is COc1ccc2cc(CC[C@@H](C)O)ccc2c1. The van der Waals surface area contributed by atoms with Gasteiger partial charge < -0.3 is 9.84 Å². The number of aliphatic hydroxyl groups excluding tert-OH is 1. The molecule has 0 heterocycles. The summed E-state index contributed by atoms with van der Waals surface area (Å²) in [6.45, 7) is 1.83. The lowest BCUT2D eigenvalue weighted by Gasteiger charge is -2.07. The Morgan fingerprint density at radius 1 is 1.12 bits per heavy atom. The summed E-state index contributed by atoms with van der Waals surface area (Å²) in [7, 11) is 1.68. The fraction of sp³-hybridized carbons (Fsp3) is 0.333. The summed E-state index contributed by atoms with van der Waals surface area (Å²) in [5, 5.41) is 11.7. The Kier molecular flexibility index (Phi) is 3.64. The van der Waals surface area contributed by atoms with Crippen LogP contribution < -0.4 is 4.74 Å². The zero-order valence-electron chi connectivity index (χ0n) is 10.3. The average molecular weight is 230 g/mol. The number of ether oxygens (including phenoxy) is 1. The Labute approximate surface area is 102 Å². The molecular weight excluding hydrogens is 212 g/mol. The molecule has 0 aliphatic carbocycles. The van der Waals surface area contributed by atoms with E-state index < -0.39 is 0 Å². The molecule has 0 aliphatic heterocycles. The summed E-state index contributed by atoms with van der Waals surface area (Å²) < 4.78 is 5.20. The molecule has 0 saturated carbocycles. The third-order valence-electron chi connectivity index (χ3n) is 2.96. The summed E-state index contributed by atoms with van der Waals surface area (Å²) in [4.78, 5) is 0. The van der Waals surface area contributed by atoms with Crippen LogP contribution in [0.4, 0.5) is 0 Å². The predicted octanol–water partition coefficient (Wildman–Crippen LogP) is 3.16. The van der Waals surface area contributed by atoms with Crippen molar-refractivity contribution in [1.82, 2.24) is 0 Å². The van der Waals surface area contributed by atoms with Gasteiger partial charge in [0.25, 0.3) is 0 Å². The summed E-state index contributed by atoms with van der Waals surface area (Å²) >= 11 is 0. The molecule has 2 nitrogen and oxygen atoms in total. The molecule has 0 aromatic heterocycles. The van der Waals surface area contributed by atoms with Gasteiger partial charge >= 0.3 is 0 Å². The van der Waals surface area contributed by atoms with E-state index >= 15 is 0 Å². The average Bonchev–Trinajstić information content (AvgIpc) is 2.35. The zero-order valence-corrected chi connectivity index (χ0v) is 10.3. The van der Waals surface area contributed by atoms with E-state index in [1.165, 1.54) is 16.3 Å². The first-order chi connectivity index (χ1) is 8.19. The summed E-state index contributed by atoms with van der Waals surface area (Å²) in [5.74, 6) is 0.884. The fourth-order valence-electron chi connectivity index (χ4n) is 1.93. The third kappa shape index (κ3) is 2.98. The summed E-state index contributed by atoms with van der Waals surface area (Å²) in [6.07, 6.45) is 1.49. The highest BCUT2D eigenvalue weighted by molar-refractivity contribution is 5.84. The lowest BCUT2D eigenvalue weighted by molar-refractivity contribution is 0.185. The van der Waals surface area contributed by atoms with Crippen LogP contribution in [0.15, 0.2) is 36.4 Å². The number of hydrogen-bond acceptors (Lipinski definition) is 2. The van der Waals surface area contributed by atoms with E-state index in [1.54, 1.807) is 7.11 Å². The van der Waals surface area contributed by atoms with Gasteiger partial charge in [0.1, 0.15) is 5.75 Å². The number of hydrogen-bond donors (Lipinski definition) is 1. The molecule has 17 heavy (non-hydrogen) atoms. The third-order valence-corrected chi connectivity index (χ3v) is 2.96. The number of aliphatic hydroxyl groups is 1. The molecule has 90 valence electrons. The largest absolute Gasteiger partial charge is 0.497 e. The molecule has 0 saturated heterocycles. The van der Waals surface area contributed by atoms with Gasteiger partial charge in [0, 0.05) is 0 Å². The maximum absolute atomic E-state index is 9.28. The van der Waals surface area contributed by atoms with Crippen molar-refractivity contribution in [3.63, 3.8) is 0 Å². The molecule has 2 rings (SSSR count). The number of benzene rings is 2. The molecule has 0 spiro atoms. The second kappa shape index (κ2) is 5.19. The van der Waals surface area contributed by atoms with Gasteiger partial charge in [-0.25, -0.2) is 0 Å². The number of aryl methyl sites for hydroxylation is 1. The minimum Gasteiger partial charge on any atom is -0.497 e. The standard InChI is InChI=1S/C15H18O2/c1-11(16)3-4-12-5-6-14-10-15(17-2)8-7-13(14)9-12/h5-11,16H,3-4H2,1-2H3/t11-/m1/s1. The lowest BCUT2D eigenvalue weighted by atomic mass is 10.0. The summed E-state index contributed by atoms with van der Waals surface area (Å²) in [6, 6.07) is 12.5. The quantitative estimate of drug-likeness (QED) is 0.874. The van der Waals surface area contributed by atoms with Gasteiger partial charge in [-0.2, -0.15) is 0 Å². The van der Waals surface area contributed by atoms with E-state index in [1.807, 2.05) is 19.1 Å². The van der Waals surface area contributed by atoms with Gasteiger partial charge in [-0.15, -0.1) is 0 Å². The number of fused-ring (bicyclic) bond motifs is 1. The van der Waals surface area contributed by atoms with E-state index in [-0.39, 0.29) is 6.10 Å². The topological polar surface area (TPSA) is 29.5 Å². The van der Waals surface area contributed by atoms with Gasteiger partial charge in [0.2, 0.25) is 0 Å². The Morgan fingerprint density at radius 3 is 2.53 bits per heavy atom. The van der Waals surface area contributed by atoms with Gasteiger partial charge in [0.05, 0.1) is 13.2 Å². The van der Waals surface area contributed by atoms with Crippen LogP contribution >= 0.6 is 0 Å². The fourth-order valence-corrected chi connectivity index (χ4v) is 1.93. The first-order valence-corrected chi connectivity index (χ1v) is 5.94. The lowest BCUT2D eigenvalue weighted by Crippen LogP contribution is -2.01. The van der Waals surface area contributed by atoms with Gasteiger partial charge in [0.15, 0.2) is 0 Å². The van der Waals surface area contributed by atoms with E-state index in [4.69, 9.17) is 4.74 Å². The molecule has 0 bridgehead atoms. The van der Waals surface area contributed by atoms with Crippen LogP contribution in [-0.2, 0) is 6.42 Å². The number of methoxy groups -OCH3 is 1. The monoisotopic (exact) mass is 230 g/mol. The highest BCUT2D eigenvalue weighted by Gasteiger charge is 2.01. The molecule has 2 heteroatoms. The van der Waals surface area contributed by atoms with Crippen LogP contribution in [0.2, 0.25) is 0 Å². The van der Waals surface area contributed by atoms with Crippen molar-refractivity contribution in [3.8, 4) is 5.75 Å². The Bertz CT molecular complexity index is 503. The minimum absolute atomic E-state index is 0.235. The molecule has 2 aromatic rings. The zero-order chi connectivity index (χ0) is 12.3. The highest BCUT2D eigenvalue weighted by Crippen LogP contribution is 2.22. The van der Waals surface area contributed by atoms with E-state index in [0.29, 0.717) is 0 Å². The van der Waals surface area contributed by atoms with E-state index in [9.17, 15) is 5.11 Å². The van der Waals surface area contributed by atoms with Crippen molar-refractivity contribution in [2.24, 2.45) is 0 Å². The first-order valence-electron chi connectivity index (χ1n) is 5.94. The van der Waals surface area contributed by atoms with E-state index in [2.05, 4.69) is 24.3 Å². The second-order valence-corrected chi connectivity index (χ2v) is 4.44. The maximum Gasteiger partial charge on any atom is 0.119 e. The van der Waals surface area contributed by atoms with Crippen LogP contribution in [-0.4, -0.2) is 18.3 Å². The van der Waals surface area contributed by atoms with Crippen LogP contribution in [0.5, 0.6) is 5.75 Å². The number of rotatable bonds is 4. The molecule has 1 atom stereocenters. The molecule has 0 fully saturated rings. The van der Waals surface area contributed by atoms with Crippen LogP contribution in [0, 0.1) is 0 Å². The van der Waals surface area contributed by atoms with E-state index in [0.717, 1.165) is 18.6 Å². The van der Waals surface area contributed by atoms with Crippen molar-refractivity contribution < 1.29 is 9.84 Å². The smallest absolute Gasteiger partial charge is 0.119 e. The second-order valence-electron chi connectivity index (χ2n) is 4.44. The van der Waals surface area contributed by atoms with Crippen molar-refractivity contribution in [2.45, 2.75) is 25.9 Å². The first kappa shape index (κ1) is 11.9. The molecule has 0 radical (unpaired) electrons. The van der Waals surface area contributed by atoms with Gasteiger partial charge in [-0.05, 0) is 48.2 Å². The van der Waals surface area contributed by atoms with Crippen molar-refractivity contribution in [3.05, 3.63) is 42.0 Å². The summed E-state index contributed by atoms with van der Waals surface area (Å²) in [5.41, 5.74) is 1.27. The van der Waals surface area contributed by atoms with Crippen LogP contribution in [0.25, 0.3) is 10.8 Å². The maximum atomic E-state index is 9.28. The molecular formula is C15H18O2. The minimum atomic E-state index is -0.235.